The molecule has 0 aromatic carbocycles. The summed E-state index contributed by atoms with van der Waals surface area (Å²) in [5, 5.41) is 17.8. The molecule has 0 spiro atoms. The standard InChI is InChI=1S/C15H19N5O/c1-15(21,12-7-17-19(2)9-12)11-16-8-13-10-20-6-4-3-5-14(20)18-13/h3-7,9-10,16,21H,8,11H2,1-2H3. The third kappa shape index (κ3) is 2.96. The fourth-order valence-electron chi connectivity index (χ4n) is 2.31. The molecule has 0 amide bonds. The van der Waals surface area contributed by atoms with E-state index >= 15 is 0 Å². The summed E-state index contributed by atoms with van der Waals surface area (Å²) in [6.45, 7) is 2.82. The quantitative estimate of drug-likeness (QED) is 0.736. The maximum Gasteiger partial charge on any atom is 0.137 e. The Morgan fingerprint density at radius 2 is 2.19 bits per heavy atom. The number of hydrogen-bond donors (Lipinski definition) is 2. The van der Waals surface area contributed by atoms with E-state index in [4.69, 9.17) is 0 Å². The Kier molecular flexibility index (Phi) is 3.48. The molecule has 0 aliphatic carbocycles. The van der Waals surface area contributed by atoms with Crippen LogP contribution >= 0.6 is 0 Å². The summed E-state index contributed by atoms with van der Waals surface area (Å²) < 4.78 is 3.67. The summed E-state index contributed by atoms with van der Waals surface area (Å²) in [5.74, 6) is 0. The van der Waals surface area contributed by atoms with Crippen molar-refractivity contribution < 1.29 is 5.11 Å². The lowest BCUT2D eigenvalue weighted by molar-refractivity contribution is 0.0565. The highest BCUT2D eigenvalue weighted by atomic mass is 16.3. The van der Waals surface area contributed by atoms with Gasteiger partial charge in [-0.1, -0.05) is 6.07 Å². The van der Waals surface area contributed by atoms with Crippen molar-refractivity contribution in [2.45, 2.75) is 19.1 Å². The smallest absolute Gasteiger partial charge is 0.137 e. The lowest BCUT2D eigenvalue weighted by atomic mass is 10.00. The van der Waals surface area contributed by atoms with Gasteiger partial charge in [-0.15, -0.1) is 0 Å². The van der Waals surface area contributed by atoms with Crippen LogP contribution in [0.4, 0.5) is 0 Å². The van der Waals surface area contributed by atoms with Gasteiger partial charge in [-0.05, 0) is 19.1 Å². The maximum absolute atomic E-state index is 10.5. The highest BCUT2D eigenvalue weighted by molar-refractivity contribution is 5.39. The van der Waals surface area contributed by atoms with Gasteiger partial charge in [0.15, 0.2) is 0 Å². The Morgan fingerprint density at radius 1 is 1.33 bits per heavy atom. The van der Waals surface area contributed by atoms with E-state index in [1.165, 1.54) is 0 Å². The van der Waals surface area contributed by atoms with Crippen molar-refractivity contribution in [2.75, 3.05) is 6.54 Å². The van der Waals surface area contributed by atoms with E-state index in [2.05, 4.69) is 15.4 Å². The summed E-state index contributed by atoms with van der Waals surface area (Å²) in [6, 6.07) is 5.90. The van der Waals surface area contributed by atoms with Crippen LogP contribution < -0.4 is 5.32 Å². The molecule has 6 heteroatoms. The van der Waals surface area contributed by atoms with E-state index in [1.54, 1.807) is 17.8 Å². The van der Waals surface area contributed by atoms with Crippen molar-refractivity contribution in [2.24, 2.45) is 7.05 Å². The molecular formula is C15H19N5O. The molecule has 3 heterocycles. The van der Waals surface area contributed by atoms with Crippen LogP contribution in [-0.4, -0.2) is 30.8 Å². The largest absolute Gasteiger partial charge is 0.384 e. The molecule has 3 rings (SSSR count). The van der Waals surface area contributed by atoms with Gasteiger partial charge in [-0.2, -0.15) is 5.10 Å². The van der Waals surface area contributed by atoms with E-state index in [-0.39, 0.29) is 0 Å². The van der Waals surface area contributed by atoms with Crippen LogP contribution in [0, 0.1) is 0 Å². The van der Waals surface area contributed by atoms with Crippen molar-refractivity contribution in [1.82, 2.24) is 24.5 Å². The third-order valence-corrected chi connectivity index (χ3v) is 3.52. The number of aryl methyl sites for hydroxylation is 1. The van der Waals surface area contributed by atoms with Gasteiger partial charge in [-0.25, -0.2) is 4.98 Å². The van der Waals surface area contributed by atoms with E-state index in [1.807, 2.05) is 48.2 Å². The predicted octanol–water partition coefficient (Wildman–Crippen LogP) is 1.07. The van der Waals surface area contributed by atoms with E-state index < -0.39 is 5.60 Å². The number of aromatic nitrogens is 4. The van der Waals surface area contributed by atoms with Gasteiger partial charge in [0, 0.05) is 44.3 Å². The molecule has 0 aliphatic rings. The summed E-state index contributed by atoms with van der Waals surface area (Å²) in [4.78, 5) is 4.51. The molecule has 0 aliphatic heterocycles. The van der Waals surface area contributed by atoms with Gasteiger partial charge in [0.1, 0.15) is 11.2 Å². The number of fused-ring (bicyclic) bond motifs is 1. The van der Waals surface area contributed by atoms with Crippen molar-refractivity contribution in [3.8, 4) is 0 Å². The molecule has 1 unspecified atom stereocenters. The zero-order valence-corrected chi connectivity index (χ0v) is 12.2. The Bertz CT molecular complexity index is 710. The first-order valence-corrected chi connectivity index (χ1v) is 6.89. The number of pyridine rings is 1. The predicted molar refractivity (Wildman–Crippen MR) is 79.7 cm³/mol. The first-order chi connectivity index (χ1) is 10.0. The molecule has 0 saturated heterocycles. The number of nitrogens with one attached hydrogen (secondary N) is 1. The molecular weight excluding hydrogens is 266 g/mol. The van der Waals surface area contributed by atoms with Crippen LogP contribution in [0.15, 0.2) is 43.0 Å². The Balaban J connectivity index is 1.62. The van der Waals surface area contributed by atoms with Gasteiger partial charge in [0.25, 0.3) is 0 Å². The number of nitrogens with zero attached hydrogens (tertiary/aromatic N) is 4. The minimum atomic E-state index is -0.951. The first-order valence-electron chi connectivity index (χ1n) is 6.89. The monoisotopic (exact) mass is 285 g/mol. The van der Waals surface area contributed by atoms with Crippen LogP contribution in [0.3, 0.4) is 0 Å². The van der Waals surface area contributed by atoms with Crippen molar-refractivity contribution in [3.63, 3.8) is 0 Å². The van der Waals surface area contributed by atoms with Crippen molar-refractivity contribution >= 4 is 5.65 Å². The van der Waals surface area contributed by atoms with Gasteiger partial charge in [-0.3, -0.25) is 4.68 Å². The van der Waals surface area contributed by atoms with Crippen LogP contribution in [0.1, 0.15) is 18.2 Å². The molecule has 3 aromatic heterocycles. The van der Waals surface area contributed by atoms with Crippen LogP contribution in [0.2, 0.25) is 0 Å². The van der Waals surface area contributed by atoms with Crippen molar-refractivity contribution in [3.05, 3.63) is 54.2 Å². The molecule has 2 N–H and O–H groups in total. The third-order valence-electron chi connectivity index (χ3n) is 3.52. The second kappa shape index (κ2) is 5.31. The van der Waals surface area contributed by atoms with Crippen molar-refractivity contribution in [1.29, 1.82) is 0 Å². The zero-order valence-electron chi connectivity index (χ0n) is 12.2. The number of imidazole rings is 1. The Labute approximate surface area is 123 Å². The lowest BCUT2D eigenvalue weighted by Gasteiger charge is -2.22. The lowest BCUT2D eigenvalue weighted by Crippen LogP contribution is -2.34. The average Bonchev–Trinajstić information content (AvgIpc) is 3.04. The Hall–Kier alpha value is -2.18. The molecule has 0 radical (unpaired) electrons. The molecule has 21 heavy (non-hydrogen) atoms. The van der Waals surface area contributed by atoms with Crippen LogP contribution in [0.5, 0.6) is 0 Å². The number of hydrogen-bond acceptors (Lipinski definition) is 4. The van der Waals surface area contributed by atoms with E-state index in [9.17, 15) is 5.11 Å². The molecule has 0 bridgehead atoms. The summed E-state index contributed by atoms with van der Waals surface area (Å²) in [5.41, 5.74) is 1.72. The molecule has 0 saturated carbocycles. The summed E-state index contributed by atoms with van der Waals surface area (Å²) in [7, 11) is 1.84. The highest BCUT2D eigenvalue weighted by Gasteiger charge is 2.24. The highest BCUT2D eigenvalue weighted by Crippen LogP contribution is 2.18. The minimum absolute atomic E-state index is 0.437. The van der Waals surface area contributed by atoms with E-state index in [0.29, 0.717) is 13.1 Å². The van der Waals surface area contributed by atoms with E-state index in [0.717, 1.165) is 16.9 Å². The second-order valence-electron chi connectivity index (χ2n) is 5.48. The fraction of sp³-hybridized carbons (Fsp3) is 0.333. The van der Waals surface area contributed by atoms with Gasteiger partial charge >= 0.3 is 0 Å². The second-order valence-corrected chi connectivity index (χ2v) is 5.48. The van der Waals surface area contributed by atoms with Gasteiger partial charge in [0.2, 0.25) is 0 Å². The molecule has 110 valence electrons. The SMILES string of the molecule is Cn1cc(C(C)(O)CNCc2cn3ccccc3n2)cn1. The van der Waals surface area contributed by atoms with Gasteiger partial charge in [0.05, 0.1) is 11.9 Å². The summed E-state index contributed by atoms with van der Waals surface area (Å²) >= 11 is 0. The first kappa shape index (κ1) is 13.8. The number of aliphatic hydroxyl groups is 1. The van der Waals surface area contributed by atoms with Crippen LogP contribution in [-0.2, 0) is 19.2 Å². The molecule has 3 aromatic rings. The molecule has 0 fully saturated rings. The Morgan fingerprint density at radius 3 is 2.90 bits per heavy atom. The number of rotatable bonds is 5. The normalized spacial score (nSPS) is 14.4. The maximum atomic E-state index is 10.5. The van der Waals surface area contributed by atoms with Gasteiger partial charge < -0.3 is 14.8 Å². The molecule has 6 nitrogen and oxygen atoms in total. The minimum Gasteiger partial charge on any atom is -0.384 e. The fourth-order valence-corrected chi connectivity index (χ4v) is 2.31. The van der Waals surface area contributed by atoms with Crippen LogP contribution in [0.25, 0.3) is 5.65 Å². The molecule has 1 atom stereocenters. The average molecular weight is 285 g/mol. The summed E-state index contributed by atoms with van der Waals surface area (Å²) in [6.07, 6.45) is 7.47. The zero-order chi connectivity index (χ0) is 14.9. The topological polar surface area (TPSA) is 67.4 Å².